The van der Waals surface area contributed by atoms with Crippen LogP contribution < -0.4 is 4.74 Å². The molecular formula is C20H25NO5S. The quantitative estimate of drug-likeness (QED) is 0.783. The lowest BCUT2D eigenvalue weighted by molar-refractivity contribution is -0.135. The second-order valence-electron chi connectivity index (χ2n) is 7.39. The van der Waals surface area contributed by atoms with Crippen LogP contribution in [0.3, 0.4) is 0 Å². The Balaban J connectivity index is 1.45. The Hall–Kier alpha value is -2.02. The first-order chi connectivity index (χ1) is 13.0. The zero-order valence-corrected chi connectivity index (χ0v) is 16.4. The van der Waals surface area contributed by atoms with Gasteiger partial charge in [0.15, 0.2) is 16.4 Å². The Morgan fingerprint density at radius 1 is 1.30 bits per heavy atom. The largest absolute Gasteiger partial charge is 0.484 e. The molecule has 1 aromatic carbocycles. The van der Waals surface area contributed by atoms with E-state index in [4.69, 9.17) is 9.15 Å². The standard InChI is InChI=1S/C20H25NO5S/c1-2-21(14-9-10-27(23,24)13-14)20(22)12-25-15-7-8-19-17(11-15)16-5-3-4-6-18(16)26-19/h7-8,11,14H,2-6,9-10,12-13H2,1H3. The zero-order valence-electron chi connectivity index (χ0n) is 15.6. The van der Waals surface area contributed by atoms with Gasteiger partial charge in [0.25, 0.3) is 5.91 Å². The average molecular weight is 391 g/mol. The fourth-order valence-corrected chi connectivity index (χ4v) is 5.95. The number of likely N-dealkylation sites (N-methyl/N-ethyl adjacent to an activating group) is 1. The lowest BCUT2D eigenvalue weighted by atomic mass is 9.96. The summed E-state index contributed by atoms with van der Waals surface area (Å²) in [5.74, 6) is 1.75. The van der Waals surface area contributed by atoms with E-state index < -0.39 is 9.84 Å². The van der Waals surface area contributed by atoms with Crippen LogP contribution >= 0.6 is 0 Å². The predicted molar refractivity (Wildman–Crippen MR) is 103 cm³/mol. The van der Waals surface area contributed by atoms with Crippen LogP contribution in [0.15, 0.2) is 22.6 Å². The van der Waals surface area contributed by atoms with E-state index in [9.17, 15) is 13.2 Å². The van der Waals surface area contributed by atoms with Gasteiger partial charge >= 0.3 is 0 Å². The van der Waals surface area contributed by atoms with Gasteiger partial charge in [0.2, 0.25) is 0 Å². The minimum atomic E-state index is -3.02. The molecule has 0 N–H and O–H groups in total. The molecule has 4 rings (SSSR count). The number of rotatable bonds is 5. The van der Waals surface area contributed by atoms with E-state index in [1.54, 1.807) is 4.90 Å². The number of hydrogen-bond acceptors (Lipinski definition) is 5. The fourth-order valence-electron chi connectivity index (χ4n) is 4.22. The van der Waals surface area contributed by atoms with Crippen LogP contribution in [0, 0.1) is 0 Å². The van der Waals surface area contributed by atoms with Crippen molar-refractivity contribution in [2.75, 3.05) is 24.7 Å². The van der Waals surface area contributed by atoms with Gasteiger partial charge in [-0.05, 0) is 50.8 Å². The minimum Gasteiger partial charge on any atom is -0.484 e. The highest BCUT2D eigenvalue weighted by Crippen LogP contribution is 2.34. The number of ether oxygens (including phenoxy) is 1. The van der Waals surface area contributed by atoms with Crippen molar-refractivity contribution in [3.8, 4) is 5.75 Å². The molecule has 2 heterocycles. The van der Waals surface area contributed by atoms with Crippen LogP contribution in [0.5, 0.6) is 5.75 Å². The first kappa shape index (κ1) is 18.3. The van der Waals surface area contributed by atoms with Crippen molar-refractivity contribution >= 4 is 26.7 Å². The molecule has 1 aromatic heterocycles. The van der Waals surface area contributed by atoms with Gasteiger partial charge in [0.1, 0.15) is 17.1 Å². The van der Waals surface area contributed by atoms with Crippen LogP contribution in [0.4, 0.5) is 0 Å². The normalized spacial score (nSPS) is 21.1. The highest BCUT2D eigenvalue weighted by Gasteiger charge is 2.34. The summed E-state index contributed by atoms with van der Waals surface area (Å²) in [6.07, 6.45) is 4.84. The maximum absolute atomic E-state index is 12.6. The molecule has 2 aromatic rings. The van der Waals surface area contributed by atoms with E-state index in [2.05, 4.69) is 0 Å². The van der Waals surface area contributed by atoms with Crippen LogP contribution in [0.2, 0.25) is 0 Å². The van der Waals surface area contributed by atoms with E-state index in [1.165, 1.54) is 12.0 Å². The monoisotopic (exact) mass is 391 g/mol. The van der Waals surface area contributed by atoms with Gasteiger partial charge in [0.05, 0.1) is 11.5 Å². The molecule has 1 unspecified atom stereocenters. The second-order valence-corrected chi connectivity index (χ2v) is 9.62. The first-order valence-electron chi connectivity index (χ1n) is 9.64. The summed E-state index contributed by atoms with van der Waals surface area (Å²) in [4.78, 5) is 14.2. The molecule has 0 radical (unpaired) electrons. The molecule has 1 fully saturated rings. The number of amides is 1. The van der Waals surface area contributed by atoms with Gasteiger partial charge < -0.3 is 14.1 Å². The third kappa shape index (κ3) is 3.70. The van der Waals surface area contributed by atoms with Crippen molar-refractivity contribution in [2.45, 2.75) is 45.1 Å². The van der Waals surface area contributed by atoms with Crippen LogP contribution in [0.1, 0.15) is 37.5 Å². The molecule has 1 amide bonds. The number of carbonyl (C=O) groups excluding carboxylic acids is 1. The van der Waals surface area contributed by atoms with Crippen LogP contribution in [0.25, 0.3) is 11.0 Å². The lowest BCUT2D eigenvalue weighted by Crippen LogP contribution is -2.43. The molecule has 2 aliphatic rings. The maximum atomic E-state index is 12.6. The van der Waals surface area contributed by atoms with Crippen LogP contribution in [-0.4, -0.2) is 49.9 Å². The Morgan fingerprint density at radius 3 is 2.85 bits per heavy atom. The molecule has 0 spiro atoms. The van der Waals surface area contributed by atoms with Crippen molar-refractivity contribution in [3.05, 3.63) is 29.5 Å². The highest BCUT2D eigenvalue weighted by molar-refractivity contribution is 7.91. The zero-order chi connectivity index (χ0) is 19.0. The third-order valence-corrected chi connectivity index (χ3v) is 7.35. The smallest absolute Gasteiger partial charge is 0.260 e. The fraction of sp³-hybridized carbons (Fsp3) is 0.550. The molecule has 1 saturated heterocycles. The molecule has 0 bridgehead atoms. The van der Waals surface area contributed by atoms with Crippen molar-refractivity contribution in [3.63, 3.8) is 0 Å². The molecule has 1 atom stereocenters. The number of carbonyl (C=O) groups is 1. The summed E-state index contributed by atoms with van der Waals surface area (Å²) in [5, 5.41) is 1.07. The van der Waals surface area contributed by atoms with Crippen molar-refractivity contribution in [1.82, 2.24) is 4.90 Å². The Bertz CT molecular complexity index is 962. The average Bonchev–Trinajstić information content (AvgIpc) is 3.20. The predicted octanol–water partition coefficient (Wildman–Crippen LogP) is 2.73. The number of nitrogens with zero attached hydrogens (tertiary/aromatic N) is 1. The molecular weight excluding hydrogens is 366 g/mol. The molecule has 146 valence electrons. The lowest BCUT2D eigenvalue weighted by Gasteiger charge is -2.26. The van der Waals surface area contributed by atoms with Gasteiger partial charge in [-0.1, -0.05) is 0 Å². The number of benzene rings is 1. The Labute approximate surface area is 159 Å². The van der Waals surface area contributed by atoms with E-state index in [0.717, 1.165) is 36.0 Å². The van der Waals surface area contributed by atoms with Crippen LogP contribution in [-0.2, 0) is 27.5 Å². The van der Waals surface area contributed by atoms with E-state index in [-0.39, 0.29) is 30.1 Å². The molecule has 0 saturated carbocycles. The Kier molecular flexibility index (Phi) is 4.88. The summed E-state index contributed by atoms with van der Waals surface area (Å²) in [5.41, 5.74) is 2.13. The third-order valence-electron chi connectivity index (χ3n) is 5.60. The van der Waals surface area contributed by atoms with Gasteiger partial charge in [-0.25, -0.2) is 8.42 Å². The number of sulfone groups is 1. The van der Waals surface area contributed by atoms with E-state index in [0.29, 0.717) is 18.7 Å². The second kappa shape index (κ2) is 7.19. The number of hydrogen-bond donors (Lipinski definition) is 0. The summed E-state index contributed by atoms with van der Waals surface area (Å²) in [6.45, 7) is 2.26. The van der Waals surface area contributed by atoms with E-state index >= 15 is 0 Å². The molecule has 1 aliphatic heterocycles. The molecule has 7 heteroatoms. The Morgan fingerprint density at radius 2 is 2.11 bits per heavy atom. The molecule has 6 nitrogen and oxygen atoms in total. The number of aryl methyl sites for hydroxylation is 2. The summed E-state index contributed by atoms with van der Waals surface area (Å²) in [7, 11) is -3.02. The van der Waals surface area contributed by atoms with Gasteiger partial charge in [-0.15, -0.1) is 0 Å². The number of fused-ring (bicyclic) bond motifs is 3. The number of furan rings is 1. The van der Waals surface area contributed by atoms with Gasteiger partial charge in [0, 0.05) is 30.0 Å². The molecule has 1 aliphatic carbocycles. The maximum Gasteiger partial charge on any atom is 0.260 e. The summed E-state index contributed by atoms with van der Waals surface area (Å²) in [6, 6.07) is 5.43. The van der Waals surface area contributed by atoms with Gasteiger partial charge in [-0.2, -0.15) is 0 Å². The first-order valence-corrected chi connectivity index (χ1v) is 11.5. The minimum absolute atomic E-state index is 0.0553. The topological polar surface area (TPSA) is 76.8 Å². The van der Waals surface area contributed by atoms with E-state index in [1.807, 2.05) is 25.1 Å². The highest BCUT2D eigenvalue weighted by atomic mass is 32.2. The van der Waals surface area contributed by atoms with Crippen molar-refractivity contribution < 1.29 is 22.4 Å². The van der Waals surface area contributed by atoms with Gasteiger partial charge in [-0.3, -0.25) is 4.79 Å². The summed E-state index contributed by atoms with van der Waals surface area (Å²) < 4.78 is 35.1. The molecule has 27 heavy (non-hydrogen) atoms. The van der Waals surface area contributed by atoms with Crippen molar-refractivity contribution in [1.29, 1.82) is 0 Å². The van der Waals surface area contributed by atoms with Crippen molar-refractivity contribution in [2.24, 2.45) is 0 Å². The summed E-state index contributed by atoms with van der Waals surface area (Å²) >= 11 is 0. The SMILES string of the molecule is CCN(C(=O)COc1ccc2oc3c(c2c1)CCCC3)C1CCS(=O)(=O)C1.